The number of benzene rings is 3. The van der Waals surface area contributed by atoms with Crippen LogP contribution in [0.15, 0.2) is 106 Å². The summed E-state index contributed by atoms with van der Waals surface area (Å²) in [5.41, 5.74) is 2.18. The first kappa shape index (κ1) is 28.6. The molecule has 0 aromatic heterocycles. The first-order valence-electron chi connectivity index (χ1n) is 13.5. The number of anilines is 2. The first-order valence-corrected chi connectivity index (χ1v) is 13.5. The van der Waals surface area contributed by atoms with Gasteiger partial charge in [-0.05, 0) is 42.5 Å². The monoisotopic (exact) mass is 579 g/mol. The Morgan fingerprint density at radius 2 is 1.23 bits per heavy atom. The number of rotatable bonds is 8. The summed E-state index contributed by atoms with van der Waals surface area (Å²) in [7, 11) is 0. The van der Waals surface area contributed by atoms with Gasteiger partial charge < -0.3 is 31.6 Å². The Morgan fingerprint density at radius 3 is 1.77 bits per heavy atom. The van der Waals surface area contributed by atoms with E-state index in [9.17, 15) is 24.7 Å². The van der Waals surface area contributed by atoms with Crippen LogP contribution in [0.4, 0.5) is 21.0 Å². The van der Waals surface area contributed by atoms with Gasteiger partial charge >= 0.3 is 12.1 Å². The zero-order valence-electron chi connectivity index (χ0n) is 22.9. The molecule has 0 atom stereocenters. The highest BCUT2D eigenvalue weighted by atomic mass is 16.5. The fraction of sp³-hybridized carbons (Fsp3) is 0.129. The number of para-hydroxylation sites is 2. The lowest BCUT2D eigenvalue weighted by atomic mass is 9.86. The molecule has 12 heteroatoms. The average molecular weight is 580 g/mol. The van der Waals surface area contributed by atoms with Crippen LogP contribution in [0.25, 0.3) is 11.1 Å². The summed E-state index contributed by atoms with van der Waals surface area (Å²) in [6.07, 6.45) is 5.78. The standard InChI is InChI=1S/C31H29N7O5/c39-28-22-13-18-38(43)19-23(22)29(40)27-25(33-15-17-35-31(42)37-21-9-5-2-6-10-21)12-11-24(26(27)28)32-14-16-34-30(41)36-20-7-3-1-4-8-20/h1-13,18-19,39,43H,14-17H2,(H2,34,36,41)(H2,35,37,42). The summed E-state index contributed by atoms with van der Waals surface area (Å²) in [5, 5.41) is 32.1. The zero-order valence-corrected chi connectivity index (χ0v) is 22.9. The normalized spacial score (nSPS) is 14.0. The van der Waals surface area contributed by atoms with Crippen LogP contribution in [0.2, 0.25) is 0 Å². The summed E-state index contributed by atoms with van der Waals surface area (Å²) >= 11 is 0. The van der Waals surface area contributed by atoms with Gasteiger partial charge in [-0.15, -0.1) is 0 Å². The van der Waals surface area contributed by atoms with Gasteiger partial charge in [0.1, 0.15) is 5.75 Å². The summed E-state index contributed by atoms with van der Waals surface area (Å²) in [5.74, 6) is -0.184. The van der Waals surface area contributed by atoms with Crippen LogP contribution >= 0.6 is 0 Å². The lowest BCUT2D eigenvalue weighted by Crippen LogP contribution is -2.32. The third-order valence-corrected chi connectivity index (χ3v) is 6.49. The van der Waals surface area contributed by atoms with E-state index < -0.39 is 11.5 Å². The molecule has 0 saturated heterocycles. The van der Waals surface area contributed by atoms with E-state index in [-0.39, 0.29) is 60.2 Å². The van der Waals surface area contributed by atoms with Gasteiger partial charge in [0.05, 0.1) is 47.4 Å². The number of aromatic nitrogens is 1. The van der Waals surface area contributed by atoms with E-state index in [1.54, 1.807) is 36.4 Å². The Bertz CT molecular complexity index is 1750. The summed E-state index contributed by atoms with van der Waals surface area (Å²) in [6.45, 7) is 0.714. The van der Waals surface area contributed by atoms with E-state index in [1.807, 2.05) is 36.4 Å². The molecular weight excluding hydrogens is 550 g/mol. The van der Waals surface area contributed by atoms with Crippen LogP contribution in [0.5, 0.6) is 5.75 Å². The third kappa shape index (κ3) is 6.88. The second-order valence-electron chi connectivity index (χ2n) is 9.44. The number of nitrogens with one attached hydrogen (secondary N) is 4. The largest absolute Gasteiger partial charge is 0.507 e. The number of aliphatic imine (C=N–C) groups is 2. The van der Waals surface area contributed by atoms with E-state index in [4.69, 9.17) is 0 Å². The molecule has 2 aromatic rings. The molecule has 1 heterocycles. The number of phenols is 1. The molecule has 218 valence electrons. The van der Waals surface area contributed by atoms with Crippen LogP contribution < -0.4 is 26.7 Å². The van der Waals surface area contributed by atoms with Crippen molar-refractivity contribution in [2.75, 3.05) is 36.8 Å². The minimum atomic E-state index is -0.447. The van der Waals surface area contributed by atoms with E-state index in [1.165, 1.54) is 18.5 Å². The highest BCUT2D eigenvalue weighted by Gasteiger charge is 2.29. The van der Waals surface area contributed by atoms with Crippen molar-refractivity contribution in [3.63, 3.8) is 0 Å². The maximum absolute atomic E-state index is 13.6. The predicted molar refractivity (Wildman–Crippen MR) is 165 cm³/mol. The summed E-state index contributed by atoms with van der Waals surface area (Å²) in [4.78, 5) is 47.1. The average Bonchev–Trinajstić information content (AvgIpc) is 3.01. The fourth-order valence-electron chi connectivity index (χ4n) is 4.54. The molecule has 6 N–H and O–H groups in total. The van der Waals surface area contributed by atoms with Crippen LogP contribution in [0.3, 0.4) is 0 Å². The smallest absolute Gasteiger partial charge is 0.319 e. The van der Waals surface area contributed by atoms with E-state index in [0.29, 0.717) is 22.8 Å². The molecule has 0 unspecified atom stereocenters. The van der Waals surface area contributed by atoms with Gasteiger partial charge in [-0.25, -0.2) is 14.3 Å². The highest BCUT2D eigenvalue weighted by Crippen LogP contribution is 2.35. The number of fused-ring (bicyclic) bond motifs is 2. The van der Waals surface area contributed by atoms with E-state index >= 15 is 0 Å². The van der Waals surface area contributed by atoms with Crippen molar-refractivity contribution in [2.24, 2.45) is 9.98 Å². The van der Waals surface area contributed by atoms with Crippen LogP contribution in [-0.4, -0.2) is 64.7 Å². The van der Waals surface area contributed by atoms with Gasteiger partial charge in [-0.1, -0.05) is 36.4 Å². The van der Waals surface area contributed by atoms with Crippen LogP contribution in [-0.2, 0) is 0 Å². The molecule has 3 aliphatic rings. The quantitative estimate of drug-likeness (QED) is 0.138. The maximum Gasteiger partial charge on any atom is 0.319 e. The zero-order chi connectivity index (χ0) is 30.2. The number of carbonyl (C=O) groups excluding carboxylic acids is 2. The molecule has 12 nitrogen and oxygen atoms in total. The minimum Gasteiger partial charge on any atom is -0.507 e. The number of hydrogen-bond donors (Lipinski definition) is 6. The van der Waals surface area contributed by atoms with Crippen molar-refractivity contribution in [3.8, 4) is 16.9 Å². The number of aromatic hydroxyl groups is 1. The second-order valence-corrected chi connectivity index (χ2v) is 9.44. The molecule has 2 aliphatic carbocycles. The summed E-state index contributed by atoms with van der Waals surface area (Å²) in [6, 6.07) is 18.6. The molecule has 5 rings (SSSR count). The van der Waals surface area contributed by atoms with Crippen molar-refractivity contribution in [1.29, 1.82) is 0 Å². The fourth-order valence-corrected chi connectivity index (χ4v) is 4.54. The Hall–Kier alpha value is -5.91. The van der Waals surface area contributed by atoms with Crippen LogP contribution in [0, 0.1) is 0 Å². The number of amides is 4. The van der Waals surface area contributed by atoms with Crippen molar-refractivity contribution >= 4 is 34.9 Å². The van der Waals surface area contributed by atoms with Gasteiger partial charge in [-0.3, -0.25) is 14.8 Å². The van der Waals surface area contributed by atoms with Gasteiger partial charge in [0.15, 0.2) is 5.43 Å². The molecule has 0 spiro atoms. The number of hydrogen-bond acceptors (Lipinski definition) is 7. The SMILES string of the molecule is O=C(NCCN=C1C=CC(=NCCNC(=O)Nc2ccccc2)c2c1c(O)c1ccn(O)cc-1c2=O)Nc1ccccc1. The molecule has 0 saturated carbocycles. The lowest BCUT2D eigenvalue weighted by Gasteiger charge is -2.20. The molecule has 0 fully saturated rings. The van der Waals surface area contributed by atoms with Crippen molar-refractivity contribution in [3.05, 3.63) is 113 Å². The Kier molecular flexibility index (Phi) is 8.76. The predicted octanol–water partition coefficient (Wildman–Crippen LogP) is 3.69. The number of phenolic OH excluding ortho intramolecular Hbond substituents is 1. The molecule has 0 radical (unpaired) electrons. The highest BCUT2D eigenvalue weighted by molar-refractivity contribution is 6.27. The Labute approximate surface area is 246 Å². The Balaban J connectivity index is 1.33. The summed E-state index contributed by atoms with van der Waals surface area (Å²) < 4.78 is 0.738. The number of pyridine rings is 1. The number of allylic oxidation sites excluding steroid dienone is 2. The minimum absolute atomic E-state index is 0.100. The van der Waals surface area contributed by atoms with Crippen molar-refractivity contribution in [2.45, 2.75) is 0 Å². The van der Waals surface area contributed by atoms with Gasteiger partial charge in [0, 0.05) is 36.2 Å². The first-order chi connectivity index (χ1) is 20.9. The van der Waals surface area contributed by atoms with Crippen molar-refractivity contribution in [1.82, 2.24) is 15.4 Å². The third-order valence-electron chi connectivity index (χ3n) is 6.49. The molecule has 0 bridgehead atoms. The second kappa shape index (κ2) is 13.2. The molecule has 43 heavy (non-hydrogen) atoms. The molecule has 2 aromatic carbocycles. The lowest BCUT2D eigenvalue weighted by molar-refractivity contribution is 0.184. The van der Waals surface area contributed by atoms with Gasteiger partial charge in [0.25, 0.3) is 0 Å². The topological polar surface area (TPSA) is 169 Å². The van der Waals surface area contributed by atoms with E-state index in [2.05, 4.69) is 31.3 Å². The van der Waals surface area contributed by atoms with E-state index in [0.717, 1.165) is 4.73 Å². The van der Waals surface area contributed by atoms with Crippen LogP contribution in [0.1, 0.15) is 11.1 Å². The Morgan fingerprint density at radius 1 is 0.721 bits per heavy atom. The number of urea groups is 2. The van der Waals surface area contributed by atoms with Crippen molar-refractivity contribution < 1.29 is 19.9 Å². The molecule has 4 amide bonds. The van der Waals surface area contributed by atoms with Gasteiger partial charge in [-0.2, -0.15) is 0 Å². The molecular formula is C31H29N7O5. The maximum atomic E-state index is 13.6. The molecule has 1 aliphatic heterocycles. The number of nitrogens with zero attached hydrogens (tertiary/aromatic N) is 3. The number of carbonyl (C=O) groups is 2. The van der Waals surface area contributed by atoms with Gasteiger partial charge in [0.2, 0.25) is 0 Å².